The summed E-state index contributed by atoms with van der Waals surface area (Å²) in [4.78, 5) is 59.4. The first-order chi connectivity index (χ1) is 14.2. The van der Waals surface area contributed by atoms with Gasteiger partial charge in [-0.15, -0.1) is 0 Å². The highest BCUT2D eigenvalue weighted by molar-refractivity contribution is 5.94. The molecule has 0 aromatic carbocycles. The van der Waals surface area contributed by atoms with Crippen LogP contribution in [0.15, 0.2) is 0 Å². The van der Waals surface area contributed by atoms with E-state index in [0.717, 1.165) is 0 Å². The lowest BCUT2D eigenvalue weighted by atomic mass is 10.0. The fourth-order valence-electron chi connectivity index (χ4n) is 2.46. The first kappa shape index (κ1) is 28.2. The molecule has 0 aromatic heterocycles. The van der Waals surface area contributed by atoms with Crippen LogP contribution in [-0.4, -0.2) is 81.3 Å². The van der Waals surface area contributed by atoms with Gasteiger partial charge >= 0.3 is 5.97 Å². The number of carbonyl (C=O) groups excluding carboxylic acids is 4. The first-order valence-corrected chi connectivity index (χ1v) is 9.72. The normalized spacial score (nSPS) is 16.9. The predicted octanol–water partition coefficient (Wildman–Crippen LogP) is -3.46. The van der Waals surface area contributed by atoms with Crippen molar-refractivity contribution < 1.29 is 39.3 Å². The Morgan fingerprint density at radius 2 is 1.29 bits per heavy atom. The molecule has 4 amide bonds. The standard InChI is InChI=1S/C18H33N5O8/c1-7(2)13(22-15(27)12(20)8(3)24)16(28)23-14(9(4)25)17(29)21-10(18(30)31)5-6-11(19)26/h7-10,12-14,24-25H,5-6,20H2,1-4H3,(H2,19,26)(H,21,29)(H,22,27)(H,23,28)(H,30,31). The van der Waals surface area contributed by atoms with Crippen LogP contribution in [0.3, 0.4) is 0 Å². The highest BCUT2D eigenvalue weighted by Crippen LogP contribution is 2.06. The van der Waals surface area contributed by atoms with Crippen molar-refractivity contribution in [3.05, 3.63) is 0 Å². The second-order valence-electron chi connectivity index (χ2n) is 7.63. The molecule has 0 aliphatic rings. The van der Waals surface area contributed by atoms with Crippen LogP contribution >= 0.6 is 0 Å². The van der Waals surface area contributed by atoms with Crippen molar-refractivity contribution in [2.24, 2.45) is 17.4 Å². The Morgan fingerprint density at radius 3 is 1.68 bits per heavy atom. The van der Waals surface area contributed by atoms with Crippen LogP contribution in [0.1, 0.15) is 40.5 Å². The highest BCUT2D eigenvalue weighted by atomic mass is 16.4. The number of carboxylic acids is 1. The first-order valence-electron chi connectivity index (χ1n) is 9.72. The number of nitrogens with two attached hydrogens (primary N) is 2. The molecular formula is C18H33N5O8. The Bertz CT molecular complexity index is 667. The van der Waals surface area contributed by atoms with Gasteiger partial charge < -0.3 is 42.7 Å². The molecule has 13 heteroatoms. The summed E-state index contributed by atoms with van der Waals surface area (Å²) in [6, 6.07) is -5.46. The summed E-state index contributed by atoms with van der Waals surface area (Å²) in [6.45, 7) is 5.73. The molecule has 178 valence electrons. The molecule has 10 N–H and O–H groups in total. The number of nitrogens with one attached hydrogen (secondary N) is 3. The van der Waals surface area contributed by atoms with E-state index in [4.69, 9.17) is 11.5 Å². The van der Waals surface area contributed by atoms with E-state index in [9.17, 15) is 39.3 Å². The number of aliphatic hydroxyl groups is 2. The lowest BCUT2D eigenvalue weighted by molar-refractivity contribution is -0.143. The molecule has 0 aliphatic heterocycles. The Balaban J connectivity index is 5.36. The monoisotopic (exact) mass is 447 g/mol. The SMILES string of the molecule is CC(C)C(NC(=O)C(N)C(C)O)C(=O)NC(C(=O)NC(CCC(N)=O)C(=O)O)C(C)O. The number of carbonyl (C=O) groups is 5. The van der Waals surface area contributed by atoms with Crippen molar-refractivity contribution in [2.45, 2.75) is 76.9 Å². The minimum absolute atomic E-state index is 0.279. The maximum atomic E-state index is 12.7. The minimum atomic E-state index is -1.55. The van der Waals surface area contributed by atoms with Crippen LogP contribution < -0.4 is 27.4 Å². The van der Waals surface area contributed by atoms with E-state index in [0.29, 0.717) is 0 Å². The van der Waals surface area contributed by atoms with E-state index in [-0.39, 0.29) is 12.8 Å². The summed E-state index contributed by atoms with van der Waals surface area (Å²) >= 11 is 0. The molecule has 0 rings (SSSR count). The van der Waals surface area contributed by atoms with Gasteiger partial charge in [-0.1, -0.05) is 13.8 Å². The maximum absolute atomic E-state index is 12.7. The van der Waals surface area contributed by atoms with Crippen LogP contribution in [0.5, 0.6) is 0 Å². The number of rotatable bonds is 13. The number of hydrogen-bond acceptors (Lipinski definition) is 8. The Morgan fingerprint density at radius 1 is 0.806 bits per heavy atom. The molecule has 0 radical (unpaired) electrons. The Hall–Kier alpha value is -2.77. The van der Waals surface area contributed by atoms with Crippen molar-refractivity contribution in [1.29, 1.82) is 0 Å². The summed E-state index contributed by atoms with van der Waals surface area (Å²) < 4.78 is 0. The van der Waals surface area contributed by atoms with E-state index < -0.39 is 71.9 Å². The number of aliphatic carboxylic acids is 1. The molecule has 0 saturated carbocycles. The zero-order valence-electron chi connectivity index (χ0n) is 18.0. The van der Waals surface area contributed by atoms with Gasteiger partial charge in [0.2, 0.25) is 23.6 Å². The second kappa shape index (κ2) is 12.8. The third-order valence-electron chi connectivity index (χ3n) is 4.43. The van der Waals surface area contributed by atoms with Crippen molar-refractivity contribution in [3.8, 4) is 0 Å². The van der Waals surface area contributed by atoms with Gasteiger partial charge in [-0.3, -0.25) is 19.2 Å². The number of carboxylic acid groups (broad SMARTS) is 1. The summed E-state index contributed by atoms with van der Waals surface area (Å²) in [5, 5.41) is 35.3. The van der Waals surface area contributed by atoms with Gasteiger partial charge in [0.25, 0.3) is 0 Å². The zero-order chi connectivity index (χ0) is 24.5. The van der Waals surface area contributed by atoms with Gasteiger partial charge in [0.05, 0.1) is 12.2 Å². The van der Waals surface area contributed by atoms with Gasteiger partial charge in [0.1, 0.15) is 24.2 Å². The van der Waals surface area contributed by atoms with E-state index in [1.807, 2.05) is 0 Å². The minimum Gasteiger partial charge on any atom is -0.480 e. The number of amides is 4. The molecule has 0 fully saturated rings. The quantitative estimate of drug-likeness (QED) is 0.140. The van der Waals surface area contributed by atoms with Gasteiger partial charge in [-0.05, 0) is 26.2 Å². The molecule has 0 aromatic rings. The van der Waals surface area contributed by atoms with E-state index in [2.05, 4.69) is 16.0 Å². The molecule has 6 atom stereocenters. The Kier molecular flexibility index (Phi) is 11.7. The predicted molar refractivity (Wildman–Crippen MR) is 108 cm³/mol. The van der Waals surface area contributed by atoms with Crippen LogP contribution in [0, 0.1) is 5.92 Å². The number of hydrogen-bond donors (Lipinski definition) is 8. The van der Waals surface area contributed by atoms with Gasteiger partial charge in [-0.25, -0.2) is 4.79 Å². The third-order valence-corrected chi connectivity index (χ3v) is 4.43. The van der Waals surface area contributed by atoms with Crippen LogP contribution in [0.2, 0.25) is 0 Å². The molecule has 0 bridgehead atoms. The van der Waals surface area contributed by atoms with Crippen molar-refractivity contribution >= 4 is 29.6 Å². The zero-order valence-corrected chi connectivity index (χ0v) is 18.0. The van der Waals surface area contributed by atoms with Gasteiger partial charge in [0, 0.05) is 6.42 Å². The smallest absolute Gasteiger partial charge is 0.326 e. The van der Waals surface area contributed by atoms with Crippen molar-refractivity contribution in [3.63, 3.8) is 0 Å². The lowest BCUT2D eigenvalue weighted by Crippen LogP contribution is -2.61. The number of aliphatic hydroxyl groups excluding tert-OH is 2. The molecule has 0 spiro atoms. The van der Waals surface area contributed by atoms with Crippen LogP contribution in [0.4, 0.5) is 0 Å². The average molecular weight is 447 g/mol. The van der Waals surface area contributed by atoms with E-state index in [1.165, 1.54) is 13.8 Å². The molecule has 13 nitrogen and oxygen atoms in total. The largest absolute Gasteiger partial charge is 0.480 e. The van der Waals surface area contributed by atoms with Gasteiger partial charge in [0.15, 0.2) is 0 Å². The fourth-order valence-corrected chi connectivity index (χ4v) is 2.46. The molecule has 0 saturated heterocycles. The van der Waals surface area contributed by atoms with Crippen LogP contribution in [-0.2, 0) is 24.0 Å². The molecule has 31 heavy (non-hydrogen) atoms. The summed E-state index contributed by atoms with van der Waals surface area (Å²) in [5.41, 5.74) is 10.5. The van der Waals surface area contributed by atoms with Crippen molar-refractivity contribution in [2.75, 3.05) is 0 Å². The second-order valence-corrected chi connectivity index (χ2v) is 7.63. The summed E-state index contributed by atoms with van der Waals surface area (Å²) in [6.07, 6.45) is -3.16. The fraction of sp³-hybridized carbons (Fsp3) is 0.722. The highest BCUT2D eigenvalue weighted by Gasteiger charge is 2.34. The summed E-state index contributed by atoms with van der Waals surface area (Å²) in [5.74, 6) is -5.26. The third kappa shape index (κ3) is 9.72. The number of primary amides is 1. The topological polar surface area (TPSA) is 234 Å². The molecule has 0 aliphatic carbocycles. The average Bonchev–Trinajstić information content (AvgIpc) is 2.64. The van der Waals surface area contributed by atoms with Crippen molar-refractivity contribution in [1.82, 2.24) is 16.0 Å². The Labute approximate surface area is 179 Å². The van der Waals surface area contributed by atoms with E-state index >= 15 is 0 Å². The maximum Gasteiger partial charge on any atom is 0.326 e. The molecule has 0 heterocycles. The molecular weight excluding hydrogens is 414 g/mol. The summed E-state index contributed by atoms with van der Waals surface area (Å²) in [7, 11) is 0. The van der Waals surface area contributed by atoms with Crippen LogP contribution in [0.25, 0.3) is 0 Å². The van der Waals surface area contributed by atoms with E-state index in [1.54, 1.807) is 13.8 Å². The lowest BCUT2D eigenvalue weighted by Gasteiger charge is -2.28. The van der Waals surface area contributed by atoms with Gasteiger partial charge in [-0.2, -0.15) is 0 Å². The molecule has 6 unspecified atom stereocenters.